The van der Waals surface area contributed by atoms with E-state index in [1.54, 1.807) is 5.57 Å². The van der Waals surface area contributed by atoms with Crippen molar-refractivity contribution in [3.8, 4) is 0 Å². The average molecular weight is 215 g/mol. The van der Waals surface area contributed by atoms with E-state index in [-0.39, 0.29) is 0 Å². The Labute approximate surface area is 98.5 Å². The monoisotopic (exact) mass is 215 g/mol. The Kier molecular flexibility index (Phi) is 2.51. The first-order chi connectivity index (χ1) is 7.75. The van der Waals surface area contributed by atoms with Crippen LogP contribution in [0, 0.1) is 5.92 Å². The Balaban J connectivity index is 1.85. The minimum atomic E-state index is 0.687. The second-order valence-electron chi connectivity index (χ2n) is 5.56. The van der Waals surface area contributed by atoms with Crippen LogP contribution in [0.4, 0.5) is 0 Å². The molecule has 1 heteroatoms. The molecule has 2 unspecified atom stereocenters. The lowest BCUT2D eigenvalue weighted by atomic mass is 9.94. The van der Waals surface area contributed by atoms with Crippen LogP contribution in [-0.4, -0.2) is 23.5 Å². The fraction of sp³-hybridized carbons (Fsp3) is 0.600. The lowest BCUT2D eigenvalue weighted by Crippen LogP contribution is -2.38. The molecule has 1 fully saturated rings. The SMILES string of the molecule is CC(C)N1CC2C=C(C3=CCCC=C3)C1C2. The van der Waals surface area contributed by atoms with Crippen molar-refractivity contribution in [2.45, 2.75) is 45.2 Å². The molecule has 0 saturated carbocycles. The van der Waals surface area contributed by atoms with Crippen molar-refractivity contribution < 1.29 is 0 Å². The molecular weight excluding hydrogens is 194 g/mol. The second-order valence-corrected chi connectivity index (χ2v) is 5.56. The minimum Gasteiger partial charge on any atom is -0.293 e. The Morgan fingerprint density at radius 2 is 2.19 bits per heavy atom. The van der Waals surface area contributed by atoms with Gasteiger partial charge in [-0.15, -0.1) is 0 Å². The molecule has 86 valence electrons. The summed E-state index contributed by atoms with van der Waals surface area (Å²) in [6.45, 7) is 5.93. The molecule has 0 aromatic heterocycles. The Morgan fingerprint density at radius 3 is 2.81 bits per heavy atom. The number of hydrogen-bond acceptors (Lipinski definition) is 1. The van der Waals surface area contributed by atoms with E-state index in [0.717, 1.165) is 5.92 Å². The zero-order valence-electron chi connectivity index (χ0n) is 10.3. The quantitative estimate of drug-likeness (QED) is 0.683. The summed E-state index contributed by atoms with van der Waals surface area (Å²) in [4.78, 5) is 2.67. The smallest absolute Gasteiger partial charge is 0.0359 e. The molecule has 0 aromatic rings. The van der Waals surface area contributed by atoms with E-state index < -0.39 is 0 Å². The Bertz CT molecular complexity index is 373. The highest BCUT2D eigenvalue weighted by Gasteiger charge is 2.40. The number of rotatable bonds is 2. The first kappa shape index (κ1) is 10.3. The topological polar surface area (TPSA) is 3.24 Å². The Hall–Kier alpha value is -0.820. The molecule has 1 aliphatic heterocycles. The first-order valence-corrected chi connectivity index (χ1v) is 6.60. The average Bonchev–Trinajstić information content (AvgIpc) is 2.89. The highest BCUT2D eigenvalue weighted by atomic mass is 15.2. The van der Waals surface area contributed by atoms with Crippen molar-refractivity contribution in [1.29, 1.82) is 0 Å². The predicted molar refractivity (Wildman–Crippen MR) is 68.3 cm³/mol. The van der Waals surface area contributed by atoms with Crippen LogP contribution >= 0.6 is 0 Å². The van der Waals surface area contributed by atoms with Gasteiger partial charge < -0.3 is 0 Å². The second kappa shape index (κ2) is 3.89. The minimum absolute atomic E-state index is 0.687. The molecule has 2 bridgehead atoms. The zero-order valence-corrected chi connectivity index (χ0v) is 10.3. The maximum Gasteiger partial charge on any atom is 0.0359 e. The lowest BCUT2D eigenvalue weighted by Gasteiger charge is -2.32. The summed E-state index contributed by atoms with van der Waals surface area (Å²) in [5.41, 5.74) is 3.12. The molecule has 0 radical (unpaired) electrons. The van der Waals surface area contributed by atoms with E-state index in [2.05, 4.69) is 43.1 Å². The molecule has 0 N–H and O–H groups in total. The first-order valence-electron chi connectivity index (χ1n) is 6.60. The summed E-state index contributed by atoms with van der Waals surface area (Å²) in [5, 5.41) is 0. The van der Waals surface area contributed by atoms with E-state index in [9.17, 15) is 0 Å². The largest absolute Gasteiger partial charge is 0.293 e. The van der Waals surface area contributed by atoms with Gasteiger partial charge in [0, 0.05) is 18.6 Å². The van der Waals surface area contributed by atoms with Gasteiger partial charge in [-0.05, 0) is 50.2 Å². The van der Waals surface area contributed by atoms with Gasteiger partial charge in [0.25, 0.3) is 0 Å². The van der Waals surface area contributed by atoms with Gasteiger partial charge in [0.05, 0.1) is 0 Å². The number of likely N-dealkylation sites (tertiary alicyclic amines) is 1. The molecule has 1 saturated heterocycles. The van der Waals surface area contributed by atoms with Crippen molar-refractivity contribution in [3.05, 3.63) is 35.5 Å². The van der Waals surface area contributed by atoms with E-state index in [4.69, 9.17) is 0 Å². The number of fused-ring (bicyclic) bond motifs is 2. The molecule has 0 spiro atoms. The lowest BCUT2D eigenvalue weighted by molar-refractivity contribution is 0.219. The standard InChI is InChI=1S/C15H21N/c1-11(2)16-10-12-8-14(15(16)9-12)13-6-4-3-5-7-13/h4,6-8,11-12,15H,3,5,9-10H2,1-2H3. The van der Waals surface area contributed by atoms with Crippen LogP contribution in [-0.2, 0) is 0 Å². The van der Waals surface area contributed by atoms with Gasteiger partial charge in [-0.3, -0.25) is 4.90 Å². The van der Waals surface area contributed by atoms with Gasteiger partial charge in [0.1, 0.15) is 0 Å². The van der Waals surface area contributed by atoms with Gasteiger partial charge in [0.15, 0.2) is 0 Å². The third kappa shape index (κ3) is 1.58. The predicted octanol–water partition coefficient (Wildman–Crippen LogP) is 3.30. The molecule has 3 aliphatic rings. The van der Waals surface area contributed by atoms with Crippen molar-refractivity contribution in [2.75, 3.05) is 6.54 Å². The third-order valence-electron chi connectivity index (χ3n) is 4.14. The van der Waals surface area contributed by atoms with Crippen molar-refractivity contribution >= 4 is 0 Å². The Morgan fingerprint density at radius 1 is 1.31 bits per heavy atom. The molecule has 2 aliphatic carbocycles. The van der Waals surface area contributed by atoms with E-state index in [0.29, 0.717) is 12.1 Å². The summed E-state index contributed by atoms with van der Waals surface area (Å²) in [6.07, 6.45) is 13.4. The van der Waals surface area contributed by atoms with Crippen molar-refractivity contribution in [1.82, 2.24) is 4.90 Å². The van der Waals surface area contributed by atoms with Crippen LogP contribution in [0.3, 0.4) is 0 Å². The molecule has 1 nitrogen and oxygen atoms in total. The zero-order chi connectivity index (χ0) is 11.1. The van der Waals surface area contributed by atoms with Gasteiger partial charge >= 0.3 is 0 Å². The number of nitrogens with zero attached hydrogens (tertiary/aromatic N) is 1. The summed E-state index contributed by atoms with van der Waals surface area (Å²) in [7, 11) is 0. The summed E-state index contributed by atoms with van der Waals surface area (Å²) < 4.78 is 0. The number of allylic oxidation sites excluding steroid dienone is 3. The van der Waals surface area contributed by atoms with Crippen LogP contribution in [0.25, 0.3) is 0 Å². The molecule has 3 rings (SSSR count). The summed E-state index contributed by atoms with van der Waals surface area (Å²) >= 11 is 0. The third-order valence-corrected chi connectivity index (χ3v) is 4.14. The molecule has 1 heterocycles. The van der Waals surface area contributed by atoms with Gasteiger partial charge in [-0.1, -0.05) is 24.3 Å². The van der Waals surface area contributed by atoms with Crippen LogP contribution in [0.15, 0.2) is 35.5 Å². The van der Waals surface area contributed by atoms with E-state index >= 15 is 0 Å². The maximum absolute atomic E-state index is 2.67. The van der Waals surface area contributed by atoms with Gasteiger partial charge in [-0.25, -0.2) is 0 Å². The number of hydrogen-bond donors (Lipinski definition) is 0. The van der Waals surface area contributed by atoms with Gasteiger partial charge in [-0.2, -0.15) is 0 Å². The van der Waals surface area contributed by atoms with Crippen molar-refractivity contribution in [3.63, 3.8) is 0 Å². The van der Waals surface area contributed by atoms with E-state index in [1.807, 2.05) is 0 Å². The highest BCUT2D eigenvalue weighted by molar-refractivity contribution is 5.48. The van der Waals surface area contributed by atoms with Crippen LogP contribution in [0.5, 0.6) is 0 Å². The molecule has 2 atom stereocenters. The fourth-order valence-electron chi connectivity index (χ4n) is 3.37. The highest BCUT2D eigenvalue weighted by Crippen LogP contribution is 2.41. The van der Waals surface area contributed by atoms with Crippen molar-refractivity contribution in [2.24, 2.45) is 5.92 Å². The fourth-order valence-corrected chi connectivity index (χ4v) is 3.37. The molecular formula is C15H21N. The van der Waals surface area contributed by atoms with Crippen LogP contribution in [0.2, 0.25) is 0 Å². The normalized spacial score (nSPS) is 33.4. The van der Waals surface area contributed by atoms with Crippen LogP contribution in [0.1, 0.15) is 33.1 Å². The molecule has 0 aromatic carbocycles. The molecule has 16 heavy (non-hydrogen) atoms. The van der Waals surface area contributed by atoms with Gasteiger partial charge in [0.2, 0.25) is 0 Å². The summed E-state index contributed by atoms with van der Waals surface area (Å²) in [6, 6.07) is 1.39. The van der Waals surface area contributed by atoms with Crippen LogP contribution < -0.4 is 0 Å². The maximum atomic E-state index is 2.67. The summed E-state index contributed by atoms with van der Waals surface area (Å²) in [5.74, 6) is 0.818. The van der Waals surface area contributed by atoms with E-state index in [1.165, 1.54) is 31.4 Å². The molecule has 0 amide bonds.